The fraction of sp³-hybridized carbons (Fsp3) is 0.444. The van der Waals surface area contributed by atoms with Crippen LogP contribution in [0.4, 0.5) is 0 Å². The van der Waals surface area contributed by atoms with E-state index in [4.69, 9.17) is 23.2 Å². The predicted octanol–water partition coefficient (Wildman–Crippen LogP) is 7.18. The molecule has 5 heteroatoms. The van der Waals surface area contributed by atoms with Crippen LogP contribution in [0.15, 0.2) is 61.2 Å². The molecule has 2 aromatic rings. The second kappa shape index (κ2) is 10.4. The Labute approximate surface area is 202 Å². The molecule has 5 atom stereocenters. The zero-order valence-corrected chi connectivity index (χ0v) is 20.6. The van der Waals surface area contributed by atoms with Gasteiger partial charge in [0.2, 0.25) is 5.91 Å². The number of rotatable bonds is 8. The number of allylic oxidation sites excluding steroid dienone is 1. The number of aliphatic hydroxyl groups excluding tert-OH is 1. The van der Waals surface area contributed by atoms with Crippen molar-refractivity contribution in [1.29, 1.82) is 0 Å². The second-order valence-corrected chi connectivity index (χ2v) is 10.1. The molecule has 0 aromatic heterocycles. The number of halogens is 2. The Morgan fingerprint density at radius 1 is 1.19 bits per heavy atom. The molecule has 1 N–H and O–H groups in total. The molecule has 1 amide bonds. The Morgan fingerprint density at radius 3 is 2.44 bits per heavy atom. The lowest BCUT2D eigenvalue weighted by molar-refractivity contribution is -0.155. The van der Waals surface area contributed by atoms with Crippen LogP contribution in [0.1, 0.15) is 69.5 Å². The predicted molar refractivity (Wildman–Crippen MR) is 133 cm³/mol. The molecule has 1 fully saturated rings. The number of piperidine rings is 1. The largest absolute Gasteiger partial charge is 0.393 e. The van der Waals surface area contributed by atoms with Crippen LogP contribution in [-0.2, 0) is 4.79 Å². The Bertz CT molecular complexity index is 943. The smallest absolute Gasteiger partial charge is 0.229 e. The number of benzene rings is 2. The minimum atomic E-state index is -0.580. The maximum atomic E-state index is 14.1. The van der Waals surface area contributed by atoms with Crippen LogP contribution >= 0.6 is 23.2 Å². The molecule has 1 aliphatic heterocycles. The Kier molecular flexibility index (Phi) is 8.08. The van der Waals surface area contributed by atoms with Crippen molar-refractivity contribution < 1.29 is 9.90 Å². The fourth-order valence-corrected chi connectivity index (χ4v) is 5.48. The van der Waals surface area contributed by atoms with Crippen molar-refractivity contribution >= 4 is 29.1 Å². The summed E-state index contributed by atoms with van der Waals surface area (Å²) in [6.45, 7) is 9.82. The average Bonchev–Trinajstić information content (AvgIpc) is 2.75. The van der Waals surface area contributed by atoms with E-state index in [1.54, 1.807) is 6.92 Å². The number of carbonyl (C=O) groups excluding carboxylic acids is 1. The molecule has 0 aliphatic carbocycles. The number of aliphatic hydroxyl groups is 1. The number of likely N-dealkylation sites (tertiary alicyclic amines) is 1. The molecule has 1 aliphatic rings. The van der Waals surface area contributed by atoms with Crippen LogP contribution < -0.4 is 0 Å². The van der Waals surface area contributed by atoms with Crippen LogP contribution in [0.5, 0.6) is 0 Å². The first-order valence-corrected chi connectivity index (χ1v) is 12.1. The van der Waals surface area contributed by atoms with E-state index >= 15 is 0 Å². The second-order valence-electron chi connectivity index (χ2n) is 9.27. The van der Waals surface area contributed by atoms with E-state index in [0.717, 1.165) is 17.5 Å². The van der Waals surface area contributed by atoms with Crippen molar-refractivity contribution in [1.82, 2.24) is 4.90 Å². The quantitative estimate of drug-likeness (QED) is 0.412. The normalized spacial score (nSPS) is 25.4. The van der Waals surface area contributed by atoms with Crippen molar-refractivity contribution in [2.45, 2.75) is 70.6 Å². The summed E-state index contributed by atoms with van der Waals surface area (Å²) in [5.74, 6) is 0.156. The molecule has 0 spiro atoms. The van der Waals surface area contributed by atoms with Gasteiger partial charge in [-0.1, -0.05) is 67.4 Å². The third-order valence-electron chi connectivity index (χ3n) is 6.66. The van der Waals surface area contributed by atoms with Gasteiger partial charge in [0, 0.05) is 22.0 Å². The van der Waals surface area contributed by atoms with Gasteiger partial charge in [-0.25, -0.2) is 0 Å². The topological polar surface area (TPSA) is 40.5 Å². The summed E-state index contributed by atoms with van der Waals surface area (Å²) in [6, 6.07) is 15.4. The van der Waals surface area contributed by atoms with Crippen LogP contribution in [-0.4, -0.2) is 28.1 Å². The van der Waals surface area contributed by atoms with Crippen LogP contribution in [0.25, 0.3) is 0 Å². The van der Waals surface area contributed by atoms with Crippen LogP contribution in [0.2, 0.25) is 10.0 Å². The van der Waals surface area contributed by atoms with Gasteiger partial charge in [0.25, 0.3) is 0 Å². The van der Waals surface area contributed by atoms with Crippen LogP contribution in [0.3, 0.4) is 0 Å². The summed E-state index contributed by atoms with van der Waals surface area (Å²) in [5, 5.41) is 11.6. The van der Waals surface area contributed by atoms with Crippen molar-refractivity contribution in [3.8, 4) is 0 Å². The highest BCUT2D eigenvalue weighted by Gasteiger charge is 2.50. The van der Waals surface area contributed by atoms with Gasteiger partial charge in [0.1, 0.15) is 0 Å². The average molecular weight is 474 g/mol. The Balaban J connectivity index is 2.22. The van der Waals surface area contributed by atoms with E-state index in [1.807, 2.05) is 60.4 Å². The molecule has 32 heavy (non-hydrogen) atoms. The zero-order chi connectivity index (χ0) is 23.5. The molecule has 3 nitrogen and oxygen atoms in total. The molecule has 3 unspecified atom stereocenters. The maximum absolute atomic E-state index is 14.1. The Morgan fingerprint density at radius 2 is 1.88 bits per heavy atom. The lowest BCUT2D eigenvalue weighted by Gasteiger charge is -2.52. The first-order chi connectivity index (χ1) is 15.2. The number of nitrogens with zero attached hydrogens (tertiary/aromatic N) is 1. The van der Waals surface area contributed by atoms with Crippen LogP contribution in [0, 0.1) is 5.41 Å². The minimum Gasteiger partial charge on any atom is -0.393 e. The van der Waals surface area contributed by atoms with E-state index < -0.39 is 11.5 Å². The zero-order valence-electron chi connectivity index (χ0n) is 19.1. The van der Waals surface area contributed by atoms with Gasteiger partial charge in [-0.3, -0.25) is 4.79 Å². The summed E-state index contributed by atoms with van der Waals surface area (Å²) in [5.41, 5.74) is 1.57. The lowest BCUT2D eigenvalue weighted by Crippen LogP contribution is -2.55. The van der Waals surface area contributed by atoms with Gasteiger partial charge in [-0.2, -0.15) is 0 Å². The lowest BCUT2D eigenvalue weighted by atomic mass is 9.67. The molecular formula is C27H33Cl2NO2. The number of amides is 1. The molecule has 0 radical (unpaired) electrons. The molecule has 1 saturated heterocycles. The SMILES string of the molecule is C=CC[C@@]1(C)C[C@H](c2cccc(Cl)c2)C(c2ccc(Cl)cc2)N(C(CC)CC(C)O)C1=O. The van der Waals surface area contributed by atoms with Gasteiger partial charge in [-0.05, 0) is 68.0 Å². The minimum absolute atomic E-state index is 0.0422. The highest BCUT2D eigenvalue weighted by molar-refractivity contribution is 6.30. The van der Waals surface area contributed by atoms with Crippen molar-refractivity contribution in [2.75, 3.05) is 0 Å². The first kappa shape index (κ1) is 24.8. The van der Waals surface area contributed by atoms with Gasteiger partial charge in [-0.15, -0.1) is 6.58 Å². The molecular weight excluding hydrogens is 441 g/mol. The van der Waals surface area contributed by atoms with Crippen molar-refractivity contribution in [2.24, 2.45) is 5.41 Å². The Hall–Kier alpha value is -1.81. The van der Waals surface area contributed by atoms with E-state index in [-0.39, 0.29) is 23.9 Å². The summed E-state index contributed by atoms with van der Waals surface area (Å²) >= 11 is 12.6. The summed E-state index contributed by atoms with van der Waals surface area (Å²) in [7, 11) is 0. The summed E-state index contributed by atoms with van der Waals surface area (Å²) in [4.78, 5) is 16.1. The molecule has 172 valence electrons. The maximum Gasteiger partial charge on any atom is 0.229 e. The molecule has 1 heterocycles. The number of hydrogen-bond acceptors (Lipinski definition) is 2. The summed E-state index contributed by atoms with van der Waals surface area (Å²) in [6.07, 6.45) is 3.90. The molecule has 3 rings (SSSR count). The third-order valence-corrected chi connectivity index (χ3v) is 7.15. The third kappa shape index (κ3) is 5.22. The van der Waals surface area contributed by atoms with Crippen molar-refractivity contribution in [3.05, 3.63) is 82.4 Å². The number of hydrogen-bond donors (Lipinski definition) is 1. The van der Waals surface area contributed by atoms with E-state index in [0.29, 0.717) is 29.3 Å². The first-order valence-electron chi connectivity index (χ1n) is 11.3. The fourth-order valence-electron chi connectivity index (χ4n) is 5.16. The van der Waals surface area contributed by atoms with Gasteiger partial charge >= 0.3 is 0 Å². The highest BCUT2D eigenvalue weighted by atomic mass is 35.5. The highest BCUT2D eigenvalue weighted by Crippen LogP contribution is 2.52. The summed E-state index contributed by atoms with van der Waals surface area (Å²) < 4.78 is 0. The van der Waals surface area contributed by atoms with Gasteiger partial charge in [0.05, 0.1) is 17.6 Å². The van der Waals surface area contributed by atoms with Gasteiger partial charge in [0.15, 0.2) is 0 Å². The van der Waals surface area contributed by atoms with Gasteiger partial charge < -0.3 is 10.0 Å². The van der Waals surface area contributed by atoms with E-state index in [9.17, 15) is 9.90 Å². The monoisotopic (exact) mass is 473 g/mol. The van der Waals surface area contributed by atoms with E-state index in [1.165, 1.54) is 0 Å². The molecule has 0 bridgehead atoms. The van der Waals surface area contributed by atoms with E-state index in [2.05, 4.69) is 19.6 Å². The molecule has 0 saturated carbocycles. The molecule has 2 aromatic carbocycles. The standard InChI is InChI=1S/C27H33Cl2NO2/c1-5-14-27(4)17-24(20-8-7-9-22(29)16-20)25(19-10-12-21(28)13-11-19)30(26(27)32)23(6-2)15-18(3)31/h5,7-13,16,18,23-25,31H,1,6,14-15,17H2,2-4H3/t18?,23?,24-,25?,27+/m1/s1. The number of carbonyl (C=O) groups is 1. The van der Waals surface area contributed by atoms with Crippen molar-refractivity contribution in [3.63, 3.8) is 0 Å².